The molecule has 1 rings (SSSR count). The molecule has 15 heavy (non-hydrogen) atoms. The molecule has 0 amide bonds. The predicted molar refractivity (Wildman–Crippen MR) is 66.9 cm³/mol. The topological polar surface area (TPSA) is 12.0 Å². The van der Waals surface area contributed by atoms with Crippen LogP contribution in [0.15, 0.2) is 30.3 Å². The van der Waals surface area contributed by atoms with Crippen molar-refractivity contribution >= 4 is 0 Å². The van der Waals surface area contributed by atoms with Gasteiger partial charge >= 0.3 is 0 Å². The molecule has 1 heteroatoms. The largest absolute Gasteiger partial charge is 0.310 e. The van der Waals surface area contributed by atoms with Gasteiger partial charge in [-0.15, -0.1) is 0 Å². The van der Waals surface area contributed by atoms with Crippen LogP contribution in [0.1, 0.15) is 45.2 Å². The van der Waals surface area contributed by atoms with E-state index in [9.17, 15) is 0 Å². The molecule has 0 bridgehead atoms. The molecule has 0 heterocycles. The second-order valence-corrected chi connectivity index (χ2v) is 4.51. The SMILES string of the molecule is CC[C@H](NCCC(C)C)c1ccccc1. The molecule has 0 unspecified atom stereocenters. The molecule has 1 nitrogen and oxygen atoms in total. The molecule has 0 saturated carbocycles. The normalized spacial score (nSPS) is 13.1. The zero-order valence-electron chi connectivity index (χ0n) is 10.2. The first-order valence-electron chi connectivity index (χ1n) is 6.02. The van der Waals surface area contributed by atoms with Crippen LogP contribution in [-0.4, -0.2) is 6.54 Å². The maximum absolute atomic E-state index is 3.62. The van der Waals surface area contributed by atoms with Crippen molar-refractivity contribution in [2.45, 2.75) is 39.7 Å². The number of hydrogen-bond acceptors (Lipinski definition) is 1. The average molecular weight is 205 g/mol. The fourth-order valence-corrected chi connectivity index (χ4v) is 1.73. The fraction of sp³-hybridized carbons (Fsp3) is 0.571. The van der Waals surface area contributed by atoms with Crippen LogP contribution in [0.25, 0.3) is 0 Å². The lowest BCUT2D eigenvalue weighted by Crippen LogP contribution is -2.22. The van der Waals surface area contributed by atoms with Crippen LogP contribution in [0.3, 0.4) is 0 Å². The van der Waals surface area contributed by atoms with E-state index in [1.165, 1.54) is 12.0 Å². The highest BCUT2D eigenvalue weighted by molar-refractivity contribution is 5.18. The van der Waals surface area contributed by atoms with E-state index in [2.05, 4.69) is 56.4 Å². The summed E-state index contributed by atoms with van der Waals surface area (Å²) in [6.07, 6.45) is 2.41. The summed E-state index contributed by atoms with van der Waals surface area (Å²) < 4.78 is 0. The minimum atomic E-state index is 0.518. The van der Waals surface area contributed by atoms with Gasteiger partial charge in [-0.2, -0.15) is 0 Å². The van der Waals surface area contributed by atoms with E-state index in [1.807, 2.05) is 0 Å². The lowest BCUT2D eigenvalue weighted by atomic mass is 10.0. The monoisotopic (exact) mass is 205 g/mol. The maximum atomic E-state index is 3.62. The van der Waals surface area contributed by atoms with Crippen LogP contribution >= 0.6 is 0 Å². The van der Waals surface area contributed by atoms with Crippen LogP contribution < -0.4 is 5.32 Å². The Balaban J connectivity index is 2.43. The zero-order chi connectivity index (χ0) is 11.1. The Morgan fingerprint density at radius 2 is 1.80 bits per heavy atom. The molecule has 1 atom stereocenters. The van der Waals surface area contributed by atoms with E-state index in [4.69, 9.17) is 0 Å². The average Bonchev–Trinajstić information content (AvgIpc) is 2.25. The van der Waals surface area contributed by atoms with E-state index in [-0.39, 0.29) is 0 Å². The van der Waals surface area contributed by atoms with Crippen molar-refractivity contribution in [1.82, 2.24) is 5.32 Å². The first-order chi connectivity index (χ1) is 7.24. The summed E-state index contributed by atoms with van der Waals surface area (Å²) in [5, 5.41) is 3.62. The molecule has 0 aromatic heterocycles. The van der Waals surface area contributed by atoms with Gasteiger partial charge in [0.05, 0.1) is 0 Å². The Hall–Kier alpha value is -0.820. The predicted octanol–water partition coefficient (Wildman–Crippen LogP) is 3.77. The quantitative estimate of drug-likeness (QED) is 0.745. The number of rotatable bonds is 6. The summed E-state index contributed by atoms with van der Waals surface area (Å²) in [5.41, 5.74) is 1.41. The number of nitrogens with one attached hydrogen (secondary N) is 1. The van der Waals surface area contributed by atoms with Crippen LogP contribution in [0.2, 0.25) is 0 Å². The van der Waals surface area contributed by atoms with Gasteiger partial charge in [-0.3, -0.25) is 0 Å². The van der Waals surface area contributed by atoms with Crippen molar-refractivity contribution in [3.63, 3.8) is 0 Å². The molecule has 0 saturated heterocycles. The van der Waals surface area contributed by atoms with Gasteiger partial charge in [0.1, 0.15) is 0 Å². The molecule has 84 valence electrons. The molecular weight excluding hydrogens is 182 g/mol. The summed E-state index contributed by atoms with van der Waals surface area (Å²) in [4.78, 5) is 0. The number of benzene rings is 1. The Morgan fingerprint density at radius 3 is 2.33 bits per heavy atom. The third-order valence-corrected chi connectivity index (χ3v) is 2.72. The summed E-state index contributed by atoms with van der Waals surface area (Å²) in [5.74, 6) is 0.783. The Kier molecular flexibility index (Phi) is 5.41. The minimum absolute atomic E-state index is 0.518. The van der Waals surface area contributed by atoms with E-state index < -0.39 is 0 Å². The molecule has 0 spiro atoms. The van der Waals surface area contributed by atoms with Crippen molar-refractivity contribution in [2.75, 3.05) is 6.54 Å². The molecule has 0 aliphatic heterocycles. The lowest BCUT2D eigenvalue weighted by molar-refractivity contribution is 0.470. The number of hydrogen-bond donors (Lipinski definition) is 1. The van der Waals surface area contributed by atoms with Crippen molar-refractivity contribution < 1.29 is 0 Å². The van der Waals surface area contributed by atoms with Gasteiger partial charge in [0, 0.05) is 6.04 Å². The zero-order valence-corrected chi connectivity index (χ0v) is 10.2. The first-order valence-corrected chi connectivity index (χ1v) is 6.02. The summed E-state index contributed by atoms with van der Waals surface area (Å²) in [6, 6.07) is 11.2. The highest BCUT2D eigenvalue weighted by Crippen LogP contribution is 2.15. The molecule has 0 radical (unpaired) electrons. The molecule has 0 aliphatic rings. The minimum Gasteiger partial charge on any atom is -0.310 e. The Morgan fingerprint density at radius 1 is 1.13 bits per heavy atom. The highest BCUT2D eigenvalue weighted by atomic mass is 14.9. The van der Waals surface area contributed by atoms with E-state index in [0.29, 0.717) is 6.04 Å². The van der Waals surface area contributed by atoms with Crippen LogP contribution in [-0.2, 0) is 0 Å². The van der Waals surface area contributed by atoms with E-state index >= 15 is 0 Å². The standard InChI is InChI=1S/C14H23N/c1-4-14(15-11-10-12(2)3)13-8-6-5-7-9-13/h5-9,12,14-15H,4,10-11H2,1-3H3/t14-/m0/s1. The van der Waals surface area contributed by atoms with Crippen LogP contribution in [0.5, 0.6) is 0 Å². The molecule has 0 aliphatic carbocycles. The van der Waals surface area contributed by atoms with Gasteiger partial charge in [0.25, 0.3) is 0 Å². The van der Waals surface area contributed by atoms with Gasteiger partial charge in [0.15, 0.2) is 0 Å². The fourth-order valence-electron chi connectivity index (χ4n) is 1.73. The van der Waals surface area contributed by atoms with E-state index in [0.717, 1.165) is 18.9 Å². The Bertz CT molecular complexity index is 253. The molecular formula is C14H23N. The van der Waals surface area contributed by atoms with Crippen molar-refractivity contribution in [3.8, 4) is 0 Å². The summed E-state index contributed by atoms with van der Waals surface area (Å²) >= 11 is 0. The van der Waals surface area contributed by atoms with Gasteiger partial charge in [-0.1, -0.05) is 51.1 Å². The third kappa shape index (κ3) is 4.48. The van der Waals surface area contributed by atoms with Crippen molar-refractivity contribution in [3.05, 3.63) is 35.9 Å². The Labute approximate surface area is 93.9 Å². The summed E-state index contributed by atoms with van der Waals surface area (Å²) in [6.45, 7) is 7.89. The van der Waals surface area contributed by atoms with Crippen molar-refractivity contribution in [2.24, 2.45) is 5.92 Å². The molecule has 1 aromatic rings. The van der Waals surface area contributed by atoms with Gasteiger partial charge in [-0.05, 0) is 30.9 Å². The maximum Gasteiger partial charge on any atom is 0.0317 e. The van der Waals surface area contributed by atoms with Gasteiger partial charge in [-0.25, -0.2) is 0 Å². The molecule has 0 fully saturated rings. The molecule has 1 N–H and O–H groups in total. The summed E-state index contributed by atoms with van der Waals surface area (Å²) in [7, 11) is 0. The van der Waals surface area contributed by atoms with Crippen LogP contribution in [0, 0.1) is 5.92 Å². The van der Waals surface area contributed by atoms with Gasteiger partial charge < -0.3 is 5.32 Å². The lowest BCUT2D eigenvalue weighted by Gasteiger charge is -2.18. The smallest absolute Gasteiger partial charge is 0.0317 e. The second-order valence-electron chi connectivity index (χ2n) is 4.51. The van der Waals surface area contributed by atoms with Gasteiger partial charge in [0.2, 0.25) is 0 Å². The van der Waals surface area contributed by atoms with E-state index in [1.54, 1.807) is 0 Å². The molecule has 1 aromatic carbocycles. The highest BCUT2D eigenvalue weighted by Gasteiger charge is 2.07. The first kappa shape index (κ1) is 12.3. The van der Waals surface area contributed by atoms with Crippen LogP contribution in [0.4, 0.5) is 0 Å². The van der Waals surface area contributed by atoms with Crippen molar-refractivity contribution in [1.29, 1.82) is 0 Å². The third-order valence-electron chi connectivity index (χ3n) is 2.72. The second kappa shape index (κ2) is 6.62.